The SMILES string of the molecule is CSC1CCCCC1NC(=O)N(C)CCC(=O)O. The van der Waals surface area contributed by atoms with Gasteiger partial charge >= 0.3 is 12.0 Å². The molecule has 0 aromatic carbocycles. The van der Waals surface area contributed by atoms with E-state index in [0.717, 1.165) is 19.3 Å². The first kappa shape index (κ1) is 15.1. The maximum absolute atomic E-state index is 11.9. The number of amides is 2. The van der Waals surface area contributed by atoms with Gasteiger partial charge in [0.1, 0.15) is 0 Å². The molecule has 0 radical (unpaired) electrons. The average molecular weight is 274 g/mol. The van der Waals surface area contributed by atoms with Crippen LogP contribution < -0.4 is 5.32 Å². The molecule has 1 rings (SSSR count). The zero-order valence-electron chi connectivity index (χ0n) is 11.0. The Kier molecular flexibility index (Phi) is 6.32. The van der Waals surface area contributed by atoms with Gasteiger partial charge in [0, 0.05) is 24.9 Å². The fraction of sp³-hybridized carbons (Fsp3) is 0.833. The van der Waals surface area contributed by atoms with E-state index in [0.29, 0.717) is 5.25 Å². The van der Waals surface area contributed by atoms with Crippen molar-refractivity contribution in [1.82, 2.24) is 10.2 Å². The molecule has 2 amide bonds. The molecule has 1 aliphatic rings. The van der Waals surface area contributed by atoms with Gasteiger partial charge in [0.15, 0.2) is 0 Å². The van der Waals surface area contributed by atoms with Crippen molar-refractivity contribution in [2.24, 2.45) is 0 Å². The van der Waals surface area contributed by atoms with Crippen molar-refractivity contribution in [3.05, 3.63) is 0 Å². The van der Waals surface area contributed by atoms with E-state index in [1.807, 2.05) is 0 Å². The molecule has 1 saturated carbocycles. The summed E-state index contributed by atoms with van der Waals surface area (Å²) >= 11 is 1.80. The van der Waals surface area contributed by atoms with E-state index in [-0.39, 0.29) is 25.0 Å². The lowest BCUT2D eigenvalue weighted by atomic mass is 9.95. The zero-order chi connectivity index (χ0) is 13.5. The van der Waals surface area contributed by atoms with Gasteiger partial charge in [-0.25, -0.2) is 4.79 Å². The monoisotopic (exact) mass is 274 g/mol. The Bertz CT molecular complexity index is 299. The van der Waals surface area contributed by atoms with Gasteiger partial charge in [0.25, 0.3) is 0 Å². The summed E-state index contributed by atoms with van der Waals surface area (Å²) < 4.78 is 0. The Morgan fingerprint density at radius 1 is 1.39 bits per heavy atom. The number of aliphatic carboxylic acids is 1. The van der Waals surface area contributed by atoms with Gasteiger partial charge in [0.2, 0.25) is 0 Å². The Hall–Kier alpha value is -0.910. The molecule has 2 unspecified atom stereocenters. The highest BCUT2D eigenvalue weighted by Crippen LogP contribution is 2.27. The second kappa shape index (κ2) is 7.51. The summed E-state index contributed by atoms with van der Waals surface area (Å²) in [6, 6.07) is 0.0516. The van der Waals surface area contributed by atoms with Crippen molar-refractivity contribution in [2.45, 2.75) is 43.4 Å². The number of carbonyl (C=O) groups excluding carboxylic acids is 1. The zero-order valence-corrected chi connectivity index (χ0v) is 11.8. The average Bonchev–Trinajstić information content (AvgIpc) is 2.36. The Morgan fingerprint density at radius 3 is 2.67 bits per heavy atom. The summed E-state index contributed by atoms with van der Waals surface area (Å²) in [7, 11) is 1.63. The molecule has 0 aliphatic heterocycles. The molecule has 0 aromatic rings. The largest absolute Gasteiger partial charge is 0.481 e. The lowest BCUT2D eigenvalue weighted by Crippen LogP contribution is -2.48. The lowest BCUT2D eigenvalue weighted by molar-refractivity contribution is -0.137. The van der Waals surface area contributed by atoms with Crippen LogP contribution in [0, 0.1) is 0 Å². The van der Waals surface area contributed by atoms with Crippen LogP contribution >= 0.6 is 11.8 Å². The highest BCUT2D eigenvalue weighted by molar-refractivity contribution is 7.99. The summed E-state index contributed by atoms with van der Waals surface area (Å²) in [5.41, 5.74) is 0. The van der Waals surface area contributed by atoms with Crippen LogP contribution in [-0.2, 0) is 4.79 Å². The first-order chi connectivity index (χ1) is 8.54. The number of carboxylic acid groups (broad SMARTS) is 1. The van der Waals surface area contributed by atoms with Crippen molar-refractivity contribution < 1.29 is 14.7 Å². The summed E-state index contributed by atoms with van der Waals surface area (Å²) in [4.78, 5) is 23.8. The molecular formula is C12H22N2O3S. The lowest BCUT2D eigenvalue weighted by Gasteiger charge is -2.32. The first-order valence-corrected chi connectivity index (χ1v) is 7.59. The van der Waals surface area contributed by atoms with Crippen LogP contribution in [0.5, 0.6) is 0 Å². The van der Waals surface area contributed by atoms with Gasteiger partial charge < -0.3 is 15.3 Å². The molecule has 6 heteroatoms. The third-order valence-electron chi connectivity index (χ3n) is 3.32. The fourth-order valence-corrected chi connectivity index (χ4v) is 3.11. The standard InChI is InChI=1S/C12H22N2O3S/c1-14(8-7-11(15)16)12(17)13-9-5-3-4-6-10(9)18-2/h9-10H,3-8H2,1-2H3,(H,13,17)(H,15,16). The summed E-state index contributed by atoms with van der Waals surface area (Å²) in [6.07, 6.45) is 6.60. The van der Waals surface area contributed by atoms with E-state index in [4.69, 9.17) is 5.11 Å². The number of nitrogens with one attached hydrogen (secondary N) is 1. The van der Waals surface area contributed by atoms with Crippen molar-refractivity contribution in [2.75, 3.05) is 19.8 Å². The van der Waals surface area contributed by atoms with E-state index in [9.17, 15) is 9.59 Å². The third kappa shape index (κ3) is 4.76. The van der Waals surface area contributed by atoms with Crippen molar-refractivity contribution in [3.8, 4) is 0 Å². The quantitative estimate of drug-likeness (QED) is 0.801. The number of rotatable bonds is 5. The predicted octanol–water partition coefficient (Wildman–Crippen LogP) is 1.78. The molecule has 2 N–H and O–H groups in total. The summed E-state index contributed by atoms with van der Waals surface area (Å²) in [5, 5.41) is 12.1. The highest BCUT2D eigenvalue weighted by Gasteiger charge is 2.26. The summed E-state index contributed by atoms with van der Waals surface area (Å²) in [6.45, 7) is 0.248. The molecule has 2 atom stereocenters. The van der Waals surface area contributed by atoms with E-state index < -0.39 is 5.97 Å². The molecule has 1 aliphatic carbocycles. The molecule has 0 aromatic heterocycles. The third-order valence-corrected chi connectivity index (χ3v) is 4.49. The Morgan fingerprint density at radius 2 is 2.06 bits per heavy atom. The van der Waals surface area contributed by atoms with Gasteiger partial charge in [-0.2, -0.15) is 11.8 Å². The van der Waals surface area contributed by atoms with Crippen LogP contribution in [0.2, 0.25) is 0 Å². The maximum Gasteiger partial charge on any atom is 0.317 e. The van der Waals surface area contributed by atoms with Crippen LogP contribution in [0.4, 0.5) is 4.79 Å². The second-order valence-electron chi connectivity index (χ2n) is 4.68. The number of hydrogen-bond acceptors (Lipinski definition) is 3. The van der Waals surface area contributed by atoms with Crippen LogP contribution in [-0.4, -0.2) is 53.1 Å². The first-order valence-electron chi connectivity index (χ1n) is 6.30. The number of carboxylic acids is 1. The predicted molar refractivity (Wildman–Crippen MR) is 73.0 cm³/mol. The van der Waals surface area contributed by atoms with Crippen LogP contribution in [0.15, 0.2) is 0 Å². The highest BCUT2D eigenvalue weighted by atomic mass is 32.2. The number of urea groups is 1. The number of hydrogen-bond donors (Lipinski definition) is 2. The Balaban J connectivity index is 2.39. The van der Waals surface area contributed by atoms with Crippen molar-refractivity contribution >= 4 is 23.8 Å². The van der Waals surface area contributed by atoms with Gasteiger partial charge in [0.05, 0.1) is 6.42 Å². The number of carbonyl (C=O) groups is 2. The van der Waals surface area contributed by atoms with Gasteiger partial charge in [-0.05, 0) is 19.1 Å². The minimum absolute atomic E-state index is 0.0134. The van der Waals surface area contributed by atoms with Gasteiger partial charge in [-0.3, -0.25) is 4.79 Å². The normalized spacial score (nSPS) is 23.4. The van der Waals surface area contributed by atoms with Gasteiger partial charge in [-0.1, -0.05) is 12.8 Å². The molecule has 0 spiro atoms. The van der Waals surface area contributed by atoms with Crippen LogP contribution in [0.25, 0.3) is 0 Å². The minimum atomic E-state index is -0.880. The van der Waals surface area contributed by atoms with Gasteiger partial charge in [-0.15, -0.1) is 0 Å². The molecule has 1 fully saturated rings. The molecule has 0 saturated heterocycles. The number of thioether (sulfide) groups is 1. The molecule has 18 heavy (non-hydrogen) atoms. The molecule has 104 valence electrons. The molecular weight excluding hydrogens is 252 g/mol. The fourth-order valence-electron chi connectivity index (χ4n) is 2.18. The molecule has 0 bridgehead atoms. The maximum atomic E-state index is 11.9. The molecule has 5 nitrogen and oxygen atoms in total. The van der Waals surface area contributed by atoms with Crippen molar-refractivity contribution in [3.63, 3.8) is 0 Å². The smallest absolute Gasteiger partial charge is 0.317 e. The second-order valence-corrected chi connectivity index (χ2v) is 5.76. The van der Waals surface area contributed by atoms with E-state index in [2.05, 4.69) is 11.6 Å². The summed E-state index contributed by atoms with van der Waals surface area (Å²) in [5.74, 6) is -0.880. The van der Waals surface area contributed by atoms with E-state index in [1.54, 1.807) is 18.8 Å². The number of nitrogens with zero attached hydrogens (tertiary/aromatic N) is 1. The Labute approximate surface area is 112 Å². The molecule has 0 heterocycles. The van der Waals surface area contributed by atoms with E-state index >= 15 is 0 Å². The van der Waals surface area contributed by atoms with Crippen molar-refractivity contribution in [1.29, 1.82) is 0 Å². The minimum Gasteiger partial charge on any atom is -0.481 e. The van der Waals surface area contributed by atoms with Crippen LogP contribution in [0.3, 0.4) is 0 Å². The van der Waals surface area contributed by atoms with Crippen LogP contribution in [0.1, 0.15) is 32.1 Å². The topological polar surface area (TPSA) is 69.6 Å². The van der Waals surface area contributed by atoms with E-state index in [1.165, 1.54) is 11.3 Å².